The summed E-state index contributed by atoms with van der Waals surface area (Å²) in [6.45, 7) is 4.80. The van der Waals surface area contributed by atoms with Gasteiger partial charge in [0.25, 0.3) is 10.0 Å². The van der Waals surface area contributed by atoms with Crippen LogP contribution in [0.4, 0.5) is 13.2 Å². The molecule has 0 radical (unpaired) electrons. The predicted molar refractivity (Wildman–Crippen MR) is 86.1 cm³/mol. The quantitative estimate of drug-likeness (QED) is 0.778. The molecule has 1 aromatic heterocycles. The summed E-state index contributed by atoms with van der Waals surface area (Å²) in [5, 5.41) is 2.53. The maximum atomic E-state index is 13.1. The van der Waals surface area contributed by atoms with Gasteiger partial charge in [-0.2, -0.15) is 18.3 Å². The van der Waals surface area contributed by atoms with Crippen molar-refractivity contribution in [3.05, 3.63) is 11.8 Å². The average Bonchev–Trinajstić information content (AvgIpc) is 3.26. The van der Waals surface area contributed by atoms with E-state index in [4.69, 9.17) is 14.2 Å². The average molecular weight is 413 g/mol. The van der Waals surface area contributed by atoms with Crippen LogP contribution in [0.5, 0.6) is 0 Å². The van der Waals surface area contributed by atoms with Gasteiger partial charge < -0.3 is 14.2 Å². The summed E-state index contributed by atoms with van der Waals surface area (Å²) in [5.41, 5.74) is -2.01. The van der Waals surface area contributed by atoms with Crippen molar-refractivity contribution in [2.75, 3.05) is 33.0 Å². The van der Waals surface area contributed by atoms with Crippen molar-refractivity contribution in [1.29, 1.82) is 0 Å². The van der Waals surface area contributed by atoms with E-state index in [1.165, 1.54) is 0 Å². The number of nitrogens with zero attached hydrogens (tertiary/aromatic N) is 2. The highest BCUT2D eigenvalue weighted by Gasteiger charge is 2.55. The number of sulfonamides is 1. The van der Waals surface area contributed by atoms with Gasteiger partial charge in [-0.25, -0.2) is 13.1 Å². The van der Waals surface area contributed by atoms with E-state index in [0.29, 0.717) is 30.7 Å². The number of aryl methyl sites for hydroxylation is 1. The third-order valence-corrected chi connectivity index (χ3v) is 6.52. The largest absolute Gasteiger partial charge is 0.420 e. The van der Waals surface area contributed by atoms with Crippen LogP contribution in [0.15, 0.2) is 11.2 Å². The van der Waals surface area contributed by atoms with Crippen LogP contribution in [-0.4, -0.2) is 57.0 Å². The molecule has 1 N–H and O–H groups in total. The minimum atomic E-state index is -4.83. The van der Waals surface area contributed by atoms with Gasteiger partial charge in [0, 0.05) is 19.5 Å². The van der Waals surface area contributed by atoms with Crippen LogP contribution in [0, 0.1) is 11.3 Å². The smallest absolute Gasteiger partial charge is 0.375 e. The second kappa shape index (κ2) is 6.69. The zero-order valence-corrected chi connectivity index (χ0v) is 16.0. The Morgan fingerprint density at radius 1 is 1.33 bits per heavy atom. The number of halogens is 3. The number of hydrogen-bond acceptors (Lipinski definition) is 6. The van der Waals surface area contributed by atoms with Gasteiger partial charge in [0.1, 0.15) is 12.2 Å². The molecule has 27 heavy (non-hydrogen) atoms. The van der Waals surface area contributed by atoms with E-state index in [9.17, 15) is 21.6 Å². The van der Waals surface area contributed by atoms with Gasteiger partial charge >= 0.3 is 6.18 Å². The van der Waals surface area contributed by atoms with E-state index >= 15 is 0 Å². The molecule has 12 heteroatoms. The lowest BCUT2D eigenvalue weighted by atomic mass is 9.75. The lowest BCUT2D eigenvalue weighted by Gasteiger charge is -2.38. The molecule has 154 valence electrons. The van der Waals surface area contributed by atoms with Crippen molar-refractivity contribution in [3.63, 3.8) is 0 Å². The summed E-state index contributed by atoms with van der Waals surface area (Å²) < 4.78 is 84.4. The van der Waals surface area contributed by atoms with E-state index in [2.05, 4.69) is 9.82 Å². The molecule has 3 heterocycles. The summed E-state index contributed by atoms with van der Waals surface area (Å²) in [5.74, 6) is -1.23. The van der Waals surface area contributed by atoms with Crippen LogP contribution < -0.4 is 4.72 Å². The van der Waals surface area contributed by atoms with Crippen LogP contribution >= 0.6 is 0 Å². The number of ether oxygens (including phenoxy) is 3. The van der Waals surface area contributed by atoms with E-state index in [0.717, 1.165) is 7.05 Å². The Labute approximate surface area is 155 Å². The Balaban J connectivity index is 1.81. The molecule has 3 rings (SSSR count). The SMILES string of the molecule is Cn1ncc(C(F)(F)F)c1S(=O)(=O)NCC(C)(C)C1COCC12OCCO2. The highest BCUT2D eigenvalue weighted by molar-refractivity contribution is 7.89. The summed E-state index contributed by atoms with van der Waals surface area (Å²) in [7, 11) is -3.30. The first-order valence-electron chi connectivity index (χ1n) is 8.34. The molecule has 2 saturated heterocycles. The molecule has 0 aliphatic carbocycles. The number of hydrogen-bond donors (Lipinski definition) is 1. The molecule has 2 aliphatic heterocycles. The predicted octanol–water partition coefficient (Wildman–Crippen LogP) is 1.13. The Kier molecular flexibility index (Phi) is 5.09. The zero-order valence-electron chi connectivity index (χ0n) is 15.2. The van der Waals surface area contributed by atoms with Gasteiger partial charge in [-0.3, -0.25) is 4.68 Å². The fourth-order valence-electron chi connectivity index (χ4n) is 3.53. The van der Waals surface area contributed by atoms with E-state index in [-0.39, 0.29) is 19.1 Å². The minimum Gasteiger partial charge on any atom is -0.375 e. The highest BCUT2D eigenvalue weighted by atomic mass is 32.2. The Morgan fingerprint density at radius 3 is 2.56 bits per heavy atom. The van der Waals surface area contributed by atoms with Gasteiger partial charge in [0.2, 0.25) is 0 Å². The van der Waals surface area contributed by atoms with Gasteiger partial charge in [-0.05, 0) is 5.41 Å². The van der Waals surface area contributed by atoms with Crippen LogP contribution in [0.1, 0.15) is 19.4 Å². The fourth-order valence-corrected chi connectivity index (χ4v) is 5.09. The van der Waals surface area contributed by atoms with Crippen LogP contribution in [-0.2, 0) is 37.5 Å². The molecule has 2 aliphatic rings. The van der Waals surface area contributed by atoms with Gasteiger partial charge in [-0.15, -0.1) is 0 Å². The maximum absolute atomic E-state index is 13.1. The second-order valence-corrected chi connectivity index (χ2v) is 9.06. The molecule has 2 fully saturated rings. The number of alkyl halides is 3. The summed E-state index contributed by atoms with van der Waals surface area (Å²) in [6.07, 6.45) is -4.33. The van der Waals surface area contributed by atoms with Gasteiger partial charge in [0.15, 0.2) is 10.8 Å². The molecule has 0 amide bonds. The van der Waals surface area contributed by atoms with Crippen molar-refractivity contribution >= 4 is 10.0 Å². The summed E-state index contributed by atoms with van der Waals surface area (Å²) >= 11 is 0. The molecular formula is C15H22F3N3O5S. The first-order valence-corrected chi connectivity index (χ1v) is 9.82. The van der Waals surface area contributed by atoms with Crippen molar-refractivity contribution in [2.45, 2.75) is 30.8 Å². The minimum absolute atomic E-state index is 0.125. The van der Waals surface area contributed by atoms with Gasteiger partial charge in [0.05, 0.1) is 26.0 Å². The van der Waals surface area contributed by atoms with Crippen LogP contribution in [0.25, 0.3) is 0 Å². The normalized spacial score (nSPS) is 23.4. The van der Waals surface area contributed by atoms with E-state index in [1.807, 2.05) is 0 Å². The molecule has 0 aromatic carbocycles. The highest BCUT2D eigenvalue weighted by Crippen LogP contribution is 2.44. The third-order valence-electron chi connectivity index (χ3n) is 5.00. The lowest BCUT2D eigenvalue weighted by Crippen LogP contribution is -2.50. The van der Waals surface area contributed by atoms with Crippen molar-refractivity contribution < 1.29 is 35.8 Å². The standard InChI is InChI=1S/C15H22F3N3O5S/c1-13(2,11-7-24-9-14(11)25-4-5-26-14)8-20-27(22,23)12-10(15(16,17)18)6-19-21(12)3/h6,11,20H,4-5,7-9H2,1-3H3. The van der Waals surface area contributed by atoms with Gasteiger partial charge in [-0.1, -0.05) is 13.8 Å². The first kappa shape index (κ1) is 20.5. The monoisotopic (exact) mass is 413 g/mol. The fraction of sp³-hybridized carbons (Fsp3) is 0.800. The molecule has 8 nitrogen and oxygen atoms in total. The number of aromatic nitrogens is 2. The number of nitrogens with one attached hydrogen (secondary N) is 1. The first-order chi connectivity index (χ1) is 12.4. The van der Waals surface area contributed by atoms with Crippen LogP contribution in [0.2, 0.25) is 0 Å². The second-order valence-electron chi connectivity index (χ2n) is 7.37. The Hall–Kier alpha value is -1.21. The zero-order chi connectivity index (χ0) is 20.1. The number of rotatable bonds is 5. The maximum Gasteiger partial charge on any atom is 0.420 e. The van der Waals surface area contributed by atoms with Crippen molar-refractivity contribution in [1.82, 2.24) is 14.5 Å². The Morgan fingerprint density at radius 2 is 1.96 bits per heavy atom. The summed E-state index contributed by atoms with van der Waals surface area (Å²) in [6, 6.07) is 0. The third kappa shape index (κ3) is 3.73. The van der Waals surface area contributed by atoms with Crippen molar-refractivity contribution in [3.8, 4) is 0 Å². The van der Waals surface area contributed by atoms with E-state index in [1.54, 1.807) is 13.8 Å². The Bertz CT molecular complexity index is 795. The van der Waals surface area contributed by atoms with E-state index < -0.39 is 38.0 Å². The van der Waals surface area contributed by atoms with Crippen molar-refractivity contribution in [2.24, 2.45) is 18.4 Å². The van der Waals surface area contributed by atoms with Crippen LogP contribution in [0.3, 0.4) is 0 Å². The molecular weight excluding hydrogens is 391 g/mol. The molecule has 1 aromatic rings. The molecule has 0 bridgehead atoms. The molecule has 0 saturated carbocycles. The molecule has 1 unspecified atom stereocenters. The topological polar surface area (TPSA) is 91.7 Å². The molecule has 1 atom stereocenters. The molecule has 1 spiro atoms. The lowest BCUT2D eigenvalue weighted by molar-refractivity contribution is -0.197. The summed E-state index contributed by atoms with van der Waals surface area (Å²) in [4.78, 5) is 0.